The molecular weight excluding hydrogens is 272 g/mol. The number of Topliss-reactive ketones (excluding diaryl/α,β-unsaturated/α-hetero) is 1. The van der Waals surface area contributed by atoms with Crippen molar-refractivity contribution in [2.75, 3.05) is 0 Å². The Kier molecular flexibility index (Phi) is 6.39. The van der Waals surface area contributed by atoms with E-state index in [1.165, 1.54) is 5.56 Å². The predicted molar refractivity (Wildman–Crippen MR) is 95.6 cm³/mol. The van der Waals surface area contributed by atoms with Crippen LogP contribution >= 0.6 is 0 Å². The molecule has 0 N–H and O–H groups in total. The summed E-state index contributed by atoms with van der Waals surface area (Å²) in [7, 11) is -1.64. The van der Waals surface area contributed by atoms with E-state index >= 15 is 0 Å². The maximum atomic E-state index is 12.7. The number of carbonyl (C=O) groups excluding carboxylic acids is 1. The third kappa shape index (κ3) is 4.81. The average molecular weight is 305 g/mol. The molecule has 0 amide bonds. The second kappa shape index (κ2) is 7.39. The van der Waals surface area contributed by atoms with Gasteiger partial charge in [-0.2, -0.15) is 0 Å². The van der Waals surface area contributed by atoms with Gasteiger partial charge in [0.05, 0.1) is 8.07 Å². The van der Waals surface area contributed by atoms with Crippen molar-refractivity contribution in [2.45, 2.75) is 77.1 Å². The van der Waals surface area contributed by atoms with E-state index in [0.29, 0.717) is 5.78 Å². The van der Waals surface area contributed by atoms with E-state index in [1.807, 2.05) is 0 Å². The third-order valence-corrected chi connectivity index (χ3v) is 11.5. The first-order chi connectivity index (χ1) is 9.70. The summed E-state index contributed by atoms with van der Waals surface area (Å²) >= 11 is 0. The number of hydrogen-bond donors (Lipinski definition) is 0. The Bertz CT molecular complexity index is 442. The van der Waals surface area contributed by atoms with Crippen LogP contribution in [0.5, 0.6) is 0 Å². The van der Waals surface area contributed by atoms with Crippen LogP contribution < -0.4 is 0 Å². The summed E-state index contributed by atoms with van der Waals surface area (Å²) in [6, 6.07) is 10.6. The minimum absolute atomic E-state index is 0.262. The molecule has 0 unspecified atom stereocenters. The average Bonchev–Trinajstić information content (AvgIpc) is 2.39. The molecule has 0 saturated heterocycles. The number of hydrogen-bond acceptors (Lipinski definition) is 1. The number of carbonyl (C=O) groups is 1. The molecule has 1 aromatic rings. The normalized spacial score (nSPS) is 14.0. The van der Waals surface area contributed by atoms with E-state index in [4.69, 9.17) is 0 Å². The van der Waals surface area contributed by atoms with E-state index in [0.717, 1.165) is 25.7 Å². The molecule has 1 rings (SSSR count). The van der Waals surface area contributed by atoms with Crippen molar-refractivity contribution in [1.82, 2.24) is 0 Å². The summed E-state index contributed by atoms with van der Waals surface area (Å²) in [4.78, 5) is 12.7. The molecule has 0 aliphatic carbocycles. The van der Waals surface area contributed by atoms with Gasteiger partial charge in [-0.1, -0.05) is 71.1 Å². The van der Waals surface area contributed by atoms with Gasteiger partial charge in [0.15, 0.2) is 0 Å². The summed E-state index contributed by atoms with van der Waals surface area (Å²) in [5.74, 6) is 0.500. The molecule has 0 aliphatic heterocycles. The lowest BCUT2D eigenvalue weighted by atomic mass is 10.0. The lowest BCUT2D eigenvalue weighted by Crippen LogP contribution is -2.45. The Morgan fingerprint density at radius 2 is 1.71 bits per heavy atom. The fourth-order valence-electron chi connectivity index (χ4n) is 2.82. The zero-order valence-corrected chi connectivity index (χ0v) is 15.7. The van der Waals surface area contributed by atoms with Crippen LogP contribution in [0.3, 0.4) is 0 Å². The molecule has 118 valence electrons. The highest BCUT2D eigenvalue weighted by atomic mass is 28.3. The van der Waals surface area contributed by atoms with Gasteiger partial charge in [-0.25, -0.2) is 0 Å². The third-order valence-electron chi connectivity index (χ3n) is 5.25. The molecule has 0 bridgehead atoms. The van der Waals surface area contributed by atoms with Gasteiger partial charge in [-0.15, -0.1) is 0 Å². The maximum Gasteiger partial charge on any atom is 0.133 e. The standard InChI is InChI=1S/C19H32OSi/c1-7-11-17(20)18(21(5,6)19(2,3)4)15-14-16-12-9-8-10-13-16/h8-10,12-13,18H,7,11,14-15H2,1-6H3/t18-/m1/s1. The van der Waals surface area contributed by atoms with E-state index in [-0.39, 0.29) is 10.6 Å². The van der Waals surface area contributed by atoms with E-state index < -0.39 is 8.07 Å². The van der Waals surface area contributed by atoms with Crippen LogP contribution in [0.2, 0.25) is 23.7 Å². The molecule has 0 heterocycles. The molecule has 1 aromatic carbocycles. The lowest BCUT2D eigenvalue weighted by molar-refractivity contribution is -0.119. The summed E-state index contributed by atoms with van der Waals surface area (Å²) in [6.07, 6.45) is 3.74. The van der Waals surface area contributed by atoms with Crippen LogP contribution in [0.1, 0.15) is 52.5 Å². The van der Waals surface area contributed by atoms with Gasteiger partial charge in [0.1, 0.15) is 5.78 Å². The minimum atomic E-state index is -1.64. The van der Waals surface area contributed by atoms with Gasteiger partial charge in [0.2, 0.25) is 0 Å². The molecule has 0 aromatic heterocycles. The summed E-state index contributed by atoms with van der Waals surface area (Å²) in [5, 5.41) is 0.262. The first-order valence-electron chi connectivity index (χ1n) is 8.26. The zero-order chi connectivity index (χ0) is 16.1. The highest BCUT2D eigenvalue weighted by Gasteiger charge is 2.44. The molecule has 0 aliphatic rings. The van der Waals surface area contributed by atoms with Gasteiger partial charge in [-0.3, -0.25) is 4.79 Å². The van der Waals surface area contributed by atoms with Gasteiger partial charge < -0.3 is 0 Å². The van der Waals surface area contributed by atoms with E-state index in [9.17, 15) is 4.79 Å². The fraction of sp³-hybridized carbons (Fsp3) is 0.632. The molecule has 1 atom stereocenters. The highest BCUT2D eigenvalue weighted by molar-refractivity contribution is 6.84. The molecule has 1 nitrogen and oxygen atoms in total. The Morgan fingerprint density at radius 3 is 2.19 bits per heavy atom. The van der Waals surface area contributed by atoms with Crippen molar-refractivity contribution in [1.29, 1.82) is 0 Å². The maximum absolute atomic E-state index is 12.7. The van der Waals surface area contributed by atoms with Gasteiger partial charge in [-0.05, 0) is 29.9 Å². The van der Waals surface area contributed by atoms with Crippen LogP contribution in [0, 0.1) is 0 Å². The van der Waals surface area contributed by atoms with Crippen LogP contribution in [0.4, 0.5) is 0 Å². The first-order valence-corrected chi connectivity index (χ1v) is 11.3. The number of benzene rings is 1. The molecule has 0 radical (unpaired) electrons. The van der Waals surface area contributed by atoms with Crippen molar-refractivity contribution >= 4 is 13.9 Å². The van der Waals surface area contributed by atoms with Crippen LogP contribution in [0.25, 0.3) is 0 Å². The Morgan fingerprint density at radius 1 is 1.14 bits per heavy atom. The minimum Gasteiger partial charge on any atom is -0.300 e. The Hall–Kier alpha value is -0.893. The van der Waals surface area contributed by atoms with Crippen LogP contribution in [-0.4, -0.2) is 13.9 Å². The SMILES string of the molecule is CCCC(=O)[C@@H](CCc1ccccc1)[Si](C)(C)C(C)(C)C. The number of rotatable bonds is 7. The van der Waals surface area contributed by atoms with Gasteiger partial charge >= 0.3 is 0 Å². The second-order valence-electron chi connectivity index (χ2n) is 7.76. The lowest BCUT2D eigenvalue weighted by Gasteiger charge is -2.43. The summed E-state index contributed by atoms with van der Waals surface area (Å²) < 4.78 is 0. The molecule has 0 saturated carbocycles. The van der Waals surface area contributed by atoms with E-state index in [1.54, 1.807) is 0 Å². The quantitative estimate of drug-likeness (QED) is 0.576. The molecule has 21 heavy (non-hydrogen) atoms. The predicted octanol–water partition coefficient (Wildman–Crippen LogP) is 5.87. The molecule has 0 spiro atoms. The van der Waals surface area contributed by atoms with Crippen molar-refractivity contribution in [3.05, 3.63) is 35.9 Å². The monoisotopic (exact) mass is 304 g/mol. The Balaban J connectivity index is 2.90. The van der Waals surface area contributed by atoms with Crippen molar-refractivity contribution in [2.24, 2.45) is 0 Å². The van der Waals surface area contributed by atoms with Gasteiger partial charge in [0, 0.05) is 12.0 Å². The van der Waals surface area contributed by atoms with Gasteiger partial charge in [0.25, 0.3) is 0 Å². The van der Waals surface area contributed by atoms with Crippen molar-refractivity contribution < 1.29 is 4.79 Å². The van der Waals surface area contributed by atoms with Crippen molar-refractivity contribution in [3.63, 3.8) is 0 Å². The largest absolute Gasteiger partial charge is 0.300 e. The molecule has 0 fully saturated rings. The smallest absolute Gasteiger partial charge is 0.133 e. The first kappa shape index (κ1) is 18.2. The highest BCUT2D eigenvalue weighted by Crippen LogP contribution is 2.46. The summed E-state index contributed by atoms with van der Waals surface area (Å²) in [5.41, 5.74) is 1.63. The van der Waals surface area contributed by atoms with E-state index in [2.05, 4.69) is 71.1 Å². The number of ketones is 1. The fourth-order valence-corrected chi connectivity index (χ4v) is 5.68. The summed E-state index contributed by atoms with van der Waals surface area (Å²) in [6.45, 7) is 13.8. The zero-order valence-electron chi connectivity index (χ0n) is 14.7. The van der Waals surface area contributed by atoms with Crippen LogP contribution in [-0.2, 0) is 11.2 Å². The second-order valence-corrected chi connectivity index (χ2v) is 13.4. The Labute approximate surface area is 132 Å². The molecule has 2 heteroatoms. The van der Waals surface area contributed by atoms with Crippen LogP contribution in [0.15, 0.2) is 30.3 Å². The molecular formula is C19H32OSi. The number of aryl methyl sites for hydroxylation is 1. The topological polar surface area (TPSA) is 17.1 Å². The van der Waals surface area contributed by atoms with Crippen molar-refractivity contribution in [3.8, 4) is 0 Å².